The SMILES string of the molecule is CCC(CC)CN(CC(CC)CC)c1cc(NC(C)=O)c(N=Nc2scc(-c3ccccn3)c2C#N)cc1OC. The highest BCUT2D eigenvalue weighted by atomic mass is 32.1. The van der Waals surface area contributed by atoms with Crippen molar-refractivity contribution in [2.75, 3.05) is 30.4 Å². The highest BCUT2D eigenvalue weighted by Gasteiger charge is 2.22. The van der Waals surface area contributed by atoms with Gasteiger partial charge in [-0.25, -0.2) is 0 Å². The minimum absolute atomic E-state index is 0.203. The van der Waals surface area contributed by atoms with Crippen molar-refractivity contribution in [1.29, 1.82) is 5.26 Å². The number of hydrogen-bond acceptors (Lipinski definition) is 8. The number of benzene rings is 1. The smallest absolute Gasteiger partial charge is 0.221 e. The number of carbonyl (C=O) groups is 1. The van der Waals surface area contributed by atoms with Crippen molar-refractivity contribution < 1.29 is 9.53 Å². The maximum absolute atomic E-state index is 12.2. The third-order valence-electron chi connectivity index (χ3n) is 7.29. The first kappa shape index (κ1) is 30.8. The number of aromatic nitrogens is 1. The molecule has 0 fully saturated rings. The number of ether oxygens (including phenoxy) is 1. The highest BCUT2D eigenvalue weighted by molar-refractivity contribution is 7.14. The van der Waals surface area contributed by atoms with Crippen LogP contribution in [0, 0.1) is 23.2 Å². The minimum atomic E-state index is -0.203. The molecule has 0 saturated carbocycles. The first-order valence-corrected chi connectivity index (χ1v) is 14.9. The lowest BCUT2D eigenvalue weighted by atomic mass is 9.98. The van der Waals surface area contributed by atoms with Crippen LogP contribution in [0.3, 0.4) is 0 Å². The molecule has 0 aliphatic carbocycles. The Morgan fingerprint density at radius 1 is 1.10 bits per heavy atom. The van der Waals surface area contributed by atoms with Gasteiger partial charge in [0.25, 0.3) is 0 Å². The van der Waals surface area contributed by atoms with Crippen LogP contribution in [0.5, 0.6) is 5.75 Å². The molecule has 9 heteroatoms. The van der Waals surface area contributed by atoms with E-state index in [4.69, 9.17) is 4.74 Å². The van der Waals surface area contributed by atoms with Gasteiger partial charge in [0.2, 0.25) is 5.91 Å². The second kappa shape index (κ2) is 15.1. The van der Waals surface area contributed by atoms with Crippen molar-refractivity contribution in [2.24, 2.45) is 22.1 Å². The van der Waals surface area contributed by atoms with E-state index < -0.39 is 0 Å². The third-order valence-corrected chi connectivity index (χ3v) is 8.15. The molecule has 3 aromatic rings. The van der Waals surface area contributed by atoms with Gasteiger partial charge in [-0.3, -0.25) is 9.78 Å². The molecule has 0 atom stereocenters. The van der Waals surface area contributed by atoms with Crippen LogP contribution < -0.4 is 15.0 Å². The molecular weight excluding hydrogens is 520 g/mol. The van der Waals surface area contributed by atoms with Gasteiger partial charge >= 0.3 is 0 Å². The number of carbonyl (C=O) groups excluding carboxylic acids is 1. The van der Waals surface area contributed by atoms with Gasteiger partial charge in [0.05, 0.1) is 24.2 Å². The van der Waals surface area contributed by atoms with Crippen LogP contribution in [0.15, 0.2) is 52.1 Å². The predicted molar refractivity (Wildman–Crippen MR) is 164 cm³/mol. The first-order chi connectivity index (χ1) is 19.4. The van der Waals surface area contributed by atoms with Gasteiger partial charge < -0.3 is 15.0 Å². The molecule has 0 unspecified atom stereocenters. The Hall–Kier alpha value is -3.77. The van der Waals surface area contributed by atoms with Crippen molar-refractivity contribution in [2.45, 2.75) is 60.3 Å². The summed E-state index contributed by atoms with van der Waals surface area (Å²) in [5, 5.41) is 24.1. The lowest BCUT2D eigenvalue weighted by Crippen LogP contribution is -2.34. The molecule has 212 valence electrons. The number of azo groups is 1. The molecule has 3 rings (SSSR count). The maximum Gasteiger partial charge on any atom is 0.221 e. The second-order valence-corrected chi connectivity index (χ2v) is 10.7. The Bertz CT molecular complexity index is 1310. The van der Waals surface area contributed by atoms with Gasteiger partial charge in [0, 0.05) is 43.2 Å². The molecule has 2 aromatic heterocycles. The van der Waals surface area contributed by atoms with Gasteiger partial charge in [-0.2, -0.15) is 5.26 Å². The molecule has 0 aliphatic rings. The van der Waals surface area contributed by atoms with E-state index >= 15 is 0 Å². The van der Waals surface area contributed by atoms with E-state index in [1.165, 1.54) is 18.3 Å². The van der Waals surface area contributed by atoms with E-state index in [1.54, 1.807) is 13.3 Å². The summed E-state index contributed by atoms with van der Waals surface area (Å²) in [7, 11) is 1.65. The molecule has 0 radical (unpaired) electrons. The molecule has 40 heavy (non-hydrogen) atoms. The molecule has 1 aromatic carbocycles. The standard InChI is InChI=1S/C31H40N6O2S/c1-7-22(8-2)18-37(19-23(9-3)10-4)29-15-27(34-21(5)38)28(16-30(29)39-6)35-36-31-24(17-32)25(20-40-31)26-13-11-12-14-33-26/h11-16,20,22-23H,7-10,18-19H2,1-6H3,(H,34,38). The van der Waals surface area contributed by atoms with E-state index in [0.717, 1.165) is 50.0 Å². The van der Waals surface area contributed by atoms with E-state index in [1.807, 2.05) is 35.7 Å². The summed E-state index contributed by atoms with van der Waals surface area (Å²) in [5.41, 5.74) is 3.77. The van der Waals surface area contributed by atoms with Gasteiger partial charge in [-0.15, -0.1) is 21.6 Å². The minimum Gasteiger partial charge on any atom is -0.494 e. The van der Waals surface area contributed by atoms with Crippen molar-refractivity contribution in [3.8, 4) is 23.1 Å². The van der Waals surface area contributed by atoms with Crippen molar-refractivity contribution >= 4 is 39.3 Å². The zero-order chi connectivity index (χ0) is 29.1. The number of nitriles is 1. The fourth-order valence-corrected chi connectivity index (χ4v) is 5.50. The summed E-state index contributed by atoms with van der Waals surface area (Å²) in [6, 6.07) is 11.6. The topological polar surface area (TPSA) is 103 Å². The second-order valence-electron chi connectivity index (χ2n) is 9.85. The van der Waals surface area contributed by atoms with Crippen LogP contribution in [0.1, 0.15) is 65.9 Å². The number of anilines is 2. The van der Waals surface area contributed by atoms with Crippen LogP contribution >= 0.6 is 11.3 Å². The van der Waals surface area contributed by atoms with Gasteiger partial charge in [0.1, 0.15) is 23.1 Å². The molecular formula is C31H40N6O2S. The summed E-state index contributed by atoms with van der Waals surface area (Å²) in [6.07, 6.45) is 6.05. The number of nitrogens with one attached hydrogen (secondary N) is 1. The zero-order valence-corrected chi connectivity index (χ0v) is 25.2. The number of hydrogen-bond donors (Lipinski definition) is 1. The number of pyridine rings is 1. The summed E-state index contributed by atoms with van der Waals surface area (Å²) < 4.78 is 5.87. The molecule has 0 aliphatic heterocycles. The van der Waals surface area contributed by atoms with Crippen LogP contribution in [-0.4, -0.2) is 31.1 Å². The molecule has 1 amide bonds. The molecule has 0 saturated heterocycles. The first-order valence-electron chi connectivity index (χ1n) is 14.0. The Morgan fingerprint density at radius 2 is 1.77 bits per heavy atom. The van der Waals surface area contributed by atoms with E-state index in [-0.39, 0.29) is 5.91 Å². The van der Waals surface area contributed by atoms with Crippen molar-refractivity contribution in [1.82, 2.24) is 4.98 Å². The van der Waals surface area contributed by atoms with Crippen molar-refractivity contribution in [3.05, 3.63) is 47.5 Å². The predicted octanol–water partition coefficient (Wildman–Crippen LogP) is 8.74. The molecule has 0 bridgehead atoms. The van der Waals surface area contributed by atoms with E-state index in [2.05, 4.69) is 59.2 Å². The van der Waals surface area contributed by atoms with Gasteiger partial charge in [0.15, 0.2) is 5.00 Å². The van der Waals surface area contributed by atoms with E-state index in [0.29, 0.717) is 45.2 Å². The Morgan fingerprint density at radius 3 is 2.30 bits per heavy atom. The van der Waals surface area contributed by atoms with Gasteiger partial charge in [-0.05, 0) is 30.0 Å². The maximum atomic E-state index is 12.2. The average molecular weight is 561 g/mol. The van der Waals surface area contributed by atoms with Crippen LogP contribution in [-0.2, 0) is 4.79 Å². The summed E-state index contributed by atoms with van der Waals surface area (Å²) in [6.45, 7) is 12.2. The summed E-state index contributed by atoms with van der Waals surface area (Å²) >= 11 is 1.33. The monoisotopic (exact) mass is 560 g/mol. The number of amides is 1. The molecule has 2 heterocycles. The Labute approximate surface area is 242 Å². The van der Waals surface area contributed by atoms with Crippen LogP contribution in [0.4, 0.5) is 22.1 Å². The van der Waals surface area contributed by atoms with E-state index in [9.17, 15) is 10.1 Å². The van der Waals surface area contributed by atoms with Crippen LogP contribution in [0.25, 0.3) is 11.3 Å². The quantitative estimate of drug-likeness (QED) is 0.199. The summed E-state index contributed by atoms with van der Waals surface area (Å²) in [5.74, 6) is 1.55. The molecule has 0 spiro atoms. The fourth-order valence-electron chi connectivity index (χ4n) is 4.67. The number of nitrogens with zero attached hydrogens (tertiary/aromatic N) is 5. The van der Waals surface area contributed by atoms with Crippen LogP contribution in [0.2, 0.25) is 0 Å². The Kier molecular flexibility index (Phi) is 11.6. The number of thiophene rings is 1. The summed E-state index contributed by atoms with van der Waals surface area (Å²) in [4.78, 5) is 19.0. The lowest BCUT2D eigenvalue weighted by molar-refractivity contribution is -0.114. The third kappa shape index (κ3) is 7.66. The molecule has 8 nitrogen and oxygen atoms in total. The number of methoxy groups -OCH3 is 1. The normalized spacial score (nSPS) is 11.3. The largest absolute Gasteiger partial charge is 0.494 e. The Balaban J connectivity index is 2.08. The average Bonchev–Trinajstić information content (AvgIpc) is 3.39. The van der Waals surface area contributed by atoms with Gasteiger partial charge in [-0.1, -0.05) is 59.4 Å². The lowest BCUT2D eigenvalue weighted by Gasteiger charge is -2.33. The zero-order valence-electron chi connectivity index (χ0n) is 24.4. The fraction of sp³-hybridized carbons (Fsp3) is 0.452. The molecule has 1 N–H and O–H groups in total. The number of rotatable bonds is 14. The van der Waals surface area contributed by atoms with Crippen molar-refractivity contribution in [3.63, 3.8) is 0 Å². The highest BCUT2D eigenvalue weighted by Crippen LogP contribution is 2.42.